The van der Waals surface area contributed by atoms with E-state index in [-0.39, 0.29) is 17.6 Å². The highest BCUT2D eigenvalue weighted by atomic mass is 16.5. The van der Waals surface area contributed by atoms with E-state index in [4.69, 9.17) is 15.0 Å². The highest BCUT2D eigenvalue weighted by molar-refractivity contribution is 5.75. The Balaban J connectivity index is 1.52. The van der Waals surface area contributed by atoms with Crippen LogP contribution in [0.4, 0.5) is 5.95 Å². The fraction of sp³-hybridized carbons (Fsp3) is 0.368. The molecule has 5 rings (SSSR count). The number of nitrogens with zero attached hydrogens (tertiary/aromatic N) is 5. The van der Waals surface area contributed by atoms with E-state index in [2.05, 4.69) is 16.5 Å². The Hall–Kier alpha value is -3.18. The lowest BCUT2D eigenvalue weighted by molar-refractivity contribution is 0.0673. The van der Waals surface area contributed by atoms with Gasteiger partial charge in [0.1, 0.15) is 5.39 Å². The lowest BCUT2D eigenvalue weighted by Gasteiger charge is -2.22. The van der Waals surface area contributed by atoms with Crippen LogP contribution in [0.1, 0.15) is 36.1 Å². The number of ether oxygens (including phenoxy) is 1. The second-order valence-corrected chi connectivity index (χ2v) is 6.95. The zero-order chi connectivity index (χ0) is 18.4. The summed E-state index contributed by atoms with van der Waals surface area (Å²) in [6.07, 6.45) is 3.37. The first-order valence-electron chi connectivity index (χ1n) is 9.07. The Morgan fingerprint density at radius 3 is 2.74 bits per heavy atom. The molecule has 1 aromatic carbocycles. The smallest absolute Gasteiger partial charge is 0.266 e. The van der Waals surface area contributed by atoms with E-state index in [1.165, 1.54) is 0 Å². The van der Waals surface area contributed by atoms with Gasteiger partial charge in [-0.3, -0.25) is 9.36 Å². The summed E-state index contributed by atoms with van der Waals surface area (Å²) < 4.78 is 8.97. The summed E-state index contributed by atoms with van der Waals surface area (Å²) in [5.41, 5.74) is 2.20. The quantitative estimate of drug-likeness (QED) is 0.749. The highest BCUT2D eigenvalue weighted by Gasteiger charge is 2.28. The van der Waals surface area contributed by atoms with Crippen LogP contribution in [0, 0.1) is 11.3 Å². The van der Waals surface area contributed by atoms with Crippen molar-refractivity contribution >= 4 is 17.0 Å². The zero-order valence-corrected chi connectivity index (χ0v) is 14.6. The summed E-state index contributed by atoms with van der Waals surface area (Å²) in [4.78, 5) is 17.7. The third kappa shape index (κ3) is 2.59. The van der Waals surface area contributed by atoms with E-state index in [0.29, 0.717) is 42.3 Å². The molecule has 3 aromatic rings. The fourth-order valence-electron chi connectivity index (χ4n) is 3.86. The minimum atomic E-state index is -0.0723. The number of rotatable bonds is 2. The summed E-state index contributed by atoms with van der Waals surface area (Å²) in [5.74, 6) is 0.565. The third-order valence-corrected chi connectivity index (χ3v) is 5.36. The third-order valence-electron chi connectivity index (χ3n) is 5.36. The number of benzene rings is 1. The zero-order valence-electron chi connectivity index (χ0n) is 14.6. The van der Waals surface area contributed by atoms with Gasteiger partial charge in [0.15, 0.2) is 5.65 Å². The number of nitriles is 1. The molecule has 8 nitrogen and oxygen atoms in total. The van der Waals surface area contributed by atoms with Crippen molar-refractivity contribution in [3.05, 3.63) is 51.9 Å². The van der Waals surface area contributed by atoms with Crippen molar-refractivity contribution in [1.82, 2.24) is 19.3 Å². The Bertz CT molecular complexity index is 1100. The van der Waals surface area contributed by atoms with E-state index in [0.717, 1.165) is 18.4 Å². The topological polar surface area (TPSA) is 97.8 Å². The standard InChI is InChI=1S/C19H18N6O2/c20-9-12-1-3-13(4-2-12)16-11-24-18(26)15-10-21-25(14-5-7-27-8-6-14)17(15)23-19(24)22-16/h1-4,10,14,16H,5-8,11H2,(H,22,23). The molecule has 0 saturated carbocycles. The molecular weight excluding hydrogens is 344 g/mol. The van der Waals surface area contributed by atoms with E-state index in [9.17, 15) is 4.79 Å². The molecule has 0 radical (unpaired) electrons. The molecule has 4 heterocycles. The summed E-state index contributed by atoms with van der Waals surface area (Å²) in [6, 6.07) is 9.68. The molecule has 8 heteroatoms. The van der Waals surface area contributed by atoms with Gasteiger partial charge in [-0.25, -0.2) is 4.68 Å². The second kappa shape index (κ2) is 6.21. The normalized spacial score (nSPS) is 19.6. The molecule has 0 spiro atoms. The minimum absolute atomic E-state index is 0.0473. The first-order chi connectivity index (χ1) is 13.2. The largest absolute Gasteiger partial charge is 0.381 e. The predicted octanol–water partition coefficient (Wildman–Crippen LogP) is 1.98. The van der Waals surface area contributed by atoms with Gasteiger partial charge in [-0.05, 0) is 30.5 Å². The maximum atomic E-state index is 13.0. The Morgan fingerprint density at radius 2 is 2.00 bits per heavy atom. The van der Waals surface area contributed by atoms with Crippen LogP contribution in [0.15, 0.2) is 35.3 Å². The lowest BCUT2D eigenvalue weighted by atomic mass is 10.1. The van der Waals surface area contributed by atoms with Crippen molar-refractivity contribution in [2.75, 3.05) is 18.5 Å². The SMILES string of the molecule is N#Cc1ccc(C2Cn3c(nc4c(cnn4C4CCOCC4)c3=O)N2)cc1. The van der Waals surface area contributed by atoms with Crippen molar-refractivity contribution in [1.29, 1.82) is 5.26 Å². The molecular formula is C19H18N6O2. The molecule has 1 unspecified atom stereocenters. The van der Waals surface area contributed by atoms with Gasteiger partial charge >= 0.3 is 0 Å². The van der Waals surface area contributed by atoms with Gasteiger partial charge in [0.25, 0.3) is 5.56 Å². The molecule has 1 saturated heterocycles. The van der Waals surface area contributed by atoms with Gasteiger partial charge in [-0.2, -0.15) is 15.3 Å². The monoisotopic (exact) mass is 362 g/mol. The number of hydrogen-bond acceptors (Lipinski definition) is 6. The molecule has 1 N–H and O–H groups in total. The number of aromatic nitrogens is 4. The van der Waals surface area contributed by atoms with E-state index < -0.39 is 0 Å². The Kier molecular flexibility index (Phi) is 3.69. The van der Waals surface area contributed by atoms with Crippen LogP contribution in [0.2, 0.25) is 0 Å². The maximum absolute atomic E-state index is 13.0. The predicted molar refractivity (Wildman–Crippen MR) is 98.4 cm³/mol. The van der Waals surface area contributed by atoms with Crippen LogP contribution >= 0.6 is 0 Å². The first kappa shape index (κ1) is 16.0. The van der Waals surface area contributed by atoms with Gasteiger partial charge in [-0.1, -0.05) is 12.1 Å². The van der Waals surface area contributed by atoms with Gasteiger partial charge in [0.2, 0.25) is 5.95 Å². The first-order valence-corrected chi connectivity index (χ1v) is 9.07. The lowest BCUT2D eigenvalue weighted by Crippen LogP contribution is -2.22. The molecule has 1 fully saturated rings. The molecule has 27 heavy (non-hydrogen) atoms. The van der Waals surface area contributed by atoms with Crippen LogP contribution in [0.25, 0.3) is 11.0 Å². The molecule has 136 valence electrons. The van der Waals surface area contributed by atoms with Gasteiger partial charge in [0, 0.05) is 13.2 Å². The van der Waals surface area contributed by atoms with E-state index in [1.54, 1.807) is 22.9 Å². The minimum Gasteiger partial charge on any atom is -0.381 e. The van der Waals surface area contributed by atoms with Crippen molar-refractivity contribution in [2.24, 2.45) is 0 Å². The second-order valence-electron chi connectivity index (χ2n) is 6.95. The summed E-state index contributed by atoms with van der Waals surface area (Å²) in [6.45, 7) is 1.91. The van der Waals surface area contributed by atoms with Crippen LogP contribution in [0.5, 0.6) is 0 Å². The number of anilines is 1. The van der Waals surface area contributed by atoms with Crippen LogP contribution in [-0.2, 0) is 11.3 Å². The fourth-order valence-corrected chi connectivity index (χ4v) is 3.86. The van der Waals surface area contributed by atoms with Crippen LogP contribution in [0.3, 0.4) is 0 Å². The average molecular weight is 362 g/mol. The number of hydrogen-bond donors (Lipinski definition) is 1. The van der Waals surface area contributed by atoms with Crippen molar-refractivity contribution < 1.29 is 4.74 Å². The summed E-state index contributed by atoms with van der Waals surface area (Å²) in [7, 11) is 0. The highest BCUT2D eigenvalue weighted by Crippen LogP contribution is 2.29. The maximum Gasteiger partial charge on any atom is 0.266 e. The van der Waals surface area contributed by atoms with E-state index in [1.807, 2.05) is 16.8 Å². The Labute approximate surface area is 155 Å². The van der Waals surface area contributed by atoms with E-state index >= 15 is 0 Å². The summed E-state index contributed by atoms with van der Waals surface area (Å²) in [5, 5.41) is 17.3. The molecule has 0 amide bonds. The molecule has 0 bridgehead atoms. The van der Waals surface area contributed by atoms with Crippen LogP contribution < -0.4 is 10.9 Å². The number of fused-ring (bicyclic) bond motifs is 2. The van der Waals surface area contributed by atoms with Gasteiger partial charge in [-0.15, -0.1) is 0 Å². The van der Waals surface area contributed by atoms with Crippen molar-refractivity contribution in [2.45, 2.75) is 31.5 Å². The molecule has 0 aliphatic carbocycles. The Morgan fingerprint density at radius 1 is 1.22 bits per heavy atom. The average Bonchev–Trinajstić information content (AvgIpc) is 3.34. The van der Waals surface area contributed by atoms with Crippen molar-refractivity contribution in [3.8, 4) is 6.07 Å². The van der Waals surface area contributed by atoms with Crippen LogP contribution in [-0.4, -0.2) is 32.5 Å². The summed E-state index contributed by atoms with van der Waals surface area (Å²) >= 11 is 0. The molecule has 2 aliphatic rings. The molecule has 2 aliphatic heterocycles. The van der Waals surface area contributed by atoms with Crippen molar-refractivity contribution in [3.63, 3.8) is 0 Å². The van der Waals surface area contributed by atoms with Gasteiger partial charge in [0.05, 0.1) is 36.5 Å². The van der Waals surface area contributed by atoms with Gasteiger partial charge < -0.3 is 10.1 Å². The number of nitrogens with one attached hydrogen (secondary N) is 1. The molecule has 2 aromatic heterocycles. The molecule has 1 atom stereocenters.